The predicted octanol–water partition coefficient (Wildman–Crippen LogP) is 0.779. The van der Waals surface area contributed by atoms with Crippen molar-refractivity contribution in [3.63, 3.8) is 0 Å². The zero-order valence-electron chi connectivity index (χ0n) is 7.03. The molecule has 0 radical (unpaired) electrons. The highest BCUT2D eigenvalue weighted by Crippen LogP contribution is 2.16. The fraction of sp³-hybridized carbons (Fsp3) is 0.222. The van der Waals surface area contributed by atoms with Gasteiger partial charge in [-0.3, -0.25) is 0 Å². The summed E-state index contributed by atoms with van der Waals surface area (Å²) in [5.41, 5.74) is 7.65. The minimum atomic E-state index is 0.0146. The van der Waals surface area contributed by atoms with Crippen molar-refractivity contribution >= 4 is 11.1 Å². The van der Waals surface area contributed by atoms with Crippen molar-refractivity contribution in [2.45, 2.75) is 13.2 Å². The molecule has 1 heterocycles. The van der Waals surface area contributed by atoms with E-state index in [0.29, 0.717) is 18.0 Å². The van der Waals surface area contributed by atoms with E-state index in [1.807, 2.05) is 0 Å². The molecule has 0 aliphatic carbocycles. The first kappa shape index (κ1) is 8.22. The third kappa shape index (κ3) is 1.41. The Kier molecular flexibility index (Phi) is 2.00. The molecule has 2 rings (SSSR count). The average Bonchev–Trinajstić information content (AvgIpc) is 2.58. The van der Waals surface area contributed by atoms with E-state index in [1.165, 1.54) is 0 Å². The van der Waals surface area contributed by atoms with E-state index in [9.17, 15) is 0 Å². The molecule has 1 aromatic heterocycles. The van der Waals surface area contributed by atoms with Crippen LogP contribution in [0.15, 0.2) is 22.6 Å². The van der Waals surface area contributed by atoms with Crippen LogP contribution in [0.4, 0.5) is 0 Å². The van der Waals surface area contributed by atoms with Gasteiger partial charge in [0.1, 0.15) is 5.52 Å². The fourth-order valence-electron chi connectivity index (χ4n) is 1.21. The van der Waals surface area contributed by atoms with Gasteiger partial charge in [0.25, 0.3) is 0 Å². The normalized spacial score (nSPS) is 10.9. The molecular formula is C9H10N2O2. The van der Waals surface area contributed by atoms with Crippen LogP contribution >= 0.6 is 0 Å². The Hall–Kier alpha value is -1.39. The second kappa shape index (κ2) is 3.16. The molecule has 0 unspecified atom stereocenters. The lowest BCUT2D eigenvalue weighted by Crippen LogP contribution is -1.95. The number of nitrogens with zero attached hydrogens (tertiary/aromatic N) is 1. The number of rotatable bonds is 2. The van der Waals surface area contributed by atoms with Crippen molar-refractivity contribution in [2.24, 2.45) is 5.73 Å². The minimum Gasteiger partial charge on any atom is -0.439 e. The SMILES string of the molecule is NCc1nc2cc(CO)ccc2o1. The first-order chi connectivity index (χ1) is 6.33. The fourth-order valence-corrected chi connectivity index (χ4v) is 1.21. The number of benzene rings is 1. The smallest absolute Gasteiger partial charge is 0.209 e. The van der Waals surface area contributed by atoms with Crippen molar-refractivity contribution < 1.29 is 9.52 Å². The first-order valence-electron chi connectivity index (χ1n) is 4.03. The number of hydrogen-bond donors (Lipinski definition) is 2. The standard InChI is InChI=1S/C9H10N2O2/c10-4-9-11-7-3-6(5-12)1-2-8(7)13-9/h1-3,12H,4-5,10H2. The topological polar surface area (TPSA) is 72.3 Å². The molecule has 0 fully saturated rings. The lowest BCUT2D eigenvalue weighted by atomic mass is 10.2. The predicted molar refractivity (Wildman–Crippen MR) is 47.8 cm³/mol. The van der Waals surface area contributed by atoms with Gasteiger partial charge in [-0.25, -0.2) is 4.98 Å². The molecule has 0 aliphatic heterocycles. The largest absolute Gasteiger partial charge is 0.439 e. The van der Waals surface area contributed by atoms with Gasteiger partial charge in [-0.1, -0.05) is 6.07 Å². The van der Waals surface area contributed by atoms with Gasteiger partial charge in [-0.2, -0.15) is 0 Å². The summed E-state index contributed by atoms with van der Waals surface area (Å²) in [5.74, 6) is 0.519. The van der Waals surface area contributed by atoms with E-state index in [2.05, 4.69) is 4.98 Å². The monoisotopic (exact) mass is 178 g/mol. The number of fused-ring (bicyclic) bond motifs is 1. The summed E-state index contributed by atoms with van der Waals surface area (Å²) in [6.45, 7) is 0.309. The van der Waals surface area contributed by atoms with Crippen LogP contribution in [-0.2, 0) is 13.2 Å². The summed E-state index contributed by atoms with van der Waals surface area (Å²) in [6, 6.07) is 5.37. The van der Waals surface area contributed by atoms with E-state index < -0.39 is 0 Å². The van der Waals surface area contributed by atoms with Crippen LogP contribution in [-0.4, -0.2) is 10.1 Å². The lowest BCUT2D eigenvalue weighted by molar-refractivity contribution is 0.282. The third-order valence-electron chi connectivity index (χ3n) is 1.85. The molecule has 0 amide bonds. The second-order valence-corrected chi connectivity index (χ2v) is 2.77. The highest BCUT2D eigenvalue weighted by Gasteiger charge is 2.03. The summed E-state index contributed by atoms with van der Waals surface area (Å²) >= 11 is 0. The van der Waals surface area contributed by atoms with E-state index in [4.69, 9.17) is 15.3 Å². The highest BCUT2D eigenvalue weighted by molar-refractivity contribution is 5.73. The van der Waals surface area contributed by atoms with Crippen LogP contribution in [0.5, 0.6) is 0 Å². The molecule has 0 bridgehead atoms. The molecule has 3 N–H and O–H groups in total. The van der Waals surface area contributed by atoms with Crippen LogP contribution in [0.25, 0.3) is 11.1 Å². The van der Waals surface area contributed by atoms with Crippen molar-refractivity contribution in [3.8, 4) is 0 Å². The Morgan fingerprint density at radius 1 is 1.46 bits per heavy atom. The van der Waals surface area contributed by atoms with Crippen molar-refractivity contribution in [1.82, 2.24) is 4.98 Å². The maximum absolute atomic E-state index is 8.88. The Bertz CT molecular complexity index is 420. The molecule has 2 aromatic rings. The maximum atomic E-state index is 8.88. The summed E-state index contributed by atoms with van der Waals surface area (Å²) in [5, 5.41) is 8.88. The van der Waals surface area contributed by atoms with Crippen LogP contribution in [0.2, 0.25) is 0 Å². The van der Waals surface area contributed by atoms with Gasteiger partial charge in [0.2, 0.25) is 5.89 Å². The third-order valence-corrected chi connectivity index (χ3v) is 1.85. The van der Waals surface area contributed by atoms with Crippen LogP contribution in [0, 0.1) is 0 Å². The Balaban J connectivity index is 2.57. The van der Waals surface area contributed by atoms with Gasteiger partial charge in [-0.05, 0) is 17.7 Å². The first-order valence-corrected chi connectivity index (χ1v) is 4.03. The van der Waals surface area contributed by atoms with Gasteiger partial charge in [0.15, 0.2) is 5.58 Å². The molecule has 0 saturated heterocycles. The molecule has 1 aromatic carbocycles. The number of nitrogens with two attached hydrogens (primary N) is 1. The van der Waals surface area contributed by atoms with Gasteiger partial charge in [0.05, 0.1) is 13.2 Å². The molecule has 0 saturated carbocycles. The van der Waals surface area contributed by atoms with Gasteiger partial charge < -0.3 is 15.3 Å². The minimum absolute atomic E-state index is 0.0146. The van der Waals surface area contributed by atoms with Gasteiger partial charge in [0, 0.05) is 0 Å². The molecule has 0 spiro atoms. The van der Waals surface area contributed by atoms with E-state index in [1.54, 1.807) is 18.2 Å². The summed E-state index contributed by atoms with van der Waals surface area (Å²) in [6.07, 6.45) is 0. The Morgan fingerprint density at radius 2 is 2.31 bits per heavy atom. The molecule has 0 aliphatic rings. The van der Waals surface area contributed by atoms with Crippen molar-refractivity contribution in [1.29, 1.82) is 0 Å². The average molecular weight is 178 g/mol. The Labute approximate surface area is 75.0 Å². The second-order valence-electron chi connectivity index (χ2n) is 2.77. The van der Waals surface area contributed by atoms with Gasteiger partial charge >= 0.3 is 0 Å². The maximum Gasteiger partial charge on any atom is 0.209 e. The van der Waals surface area contributed by atoms with Gasteiger partial charge in [-0.15, -0.1) is 0 Å². The lowest BCUT2D eigenvalue weighted by Gasteiger charge is -1.92. The molecule has 4 heteroatoms. The van der Waals surface area contributed by atoms with Crippen LogP contribution in [0.1, 0.15) is 11.5 Å². The van der Waals surface area contributed by atoms with Crippen molar-refractivity contribution in [3.05, 3.63) is 29.7 Å². The molecular weight excluding hydrogens is 168 g/mol. The summed E-state index contributed by atoms with van der Waals surface area (Å²) in [7, 11) is 0. The van der Waals surface area contributed by atoms with Crippen LogP contribution in [0.3, 0.4) is 0 Å². The molecule has 0 atom stereocenters. The van der Waals surface area contributed by atoms with Crippen molar-refractivity contribution in [2.75, 3.05) is 0 Å². The number of oxazole rings is 1. The van der Waals surface area contributed by atoms with E-state index in [0.717, 1.165) is 11.1 Å². The zero-order chi connectivity index (χ0) is 9.26. The highest BCUT2D eigenvalue weighted by atomic mass is 16.3. The number of aliphatic hydroxyl groups excluding tert-OH is 1. The molecule has 13 heavy (non-hydrogen) atoms. The molecule has 68 valence electrons. The summed E-state index contributed by atoms with van der Waals surface area (Å²) in [4.78, 5) is 4.14. The summed E-state index contributed by atoms with van der Waals surface area (Å²) < 4.78 is 5.30. The zero-order valence-corrected chi connectivity index (χ0v) is 7.03. The van der Waals surface area contributed by atoms with E-state index >= 15 is 0 Å². The van der Waals surface area contributed by atoms with Crippen LogP contribution < -0.4 is 5.73 Å². The number of hydrogen-bond acceptors (Lipinski definition) is 4. The number of aromatic nitrogens is 1. The number of aliphatic hydroxyl groups is 1. The van der Waals surface area contributed by atoms with E-state index in [-0.39, 0.29) is 6.61 Å². The quantitative estimate of drug-likeness (QED) is 0.712. The Morgan fingerprint density at radius 3 is 3.00 bits per heavy atom. The molecule has 4 nitrogen and oxygen atoms in total.